The zero-order chi connectivity index (χ0) is 15.5. The minimum Gasteiger partial charge on any atom is -0.480 e. The van der Waals surface area contributed by atoms with Gasteiger partial charge in [-0.15, -0.1) is 0 Å². The predicted molar refractivity (Wildman–Crippen MR) is 78.9 cm³/mol. The third kappa shape index (κ3) is 3.81. The molecule has 116 valence electrons. The van der Waals surface area contributed by atoms with Crippen LogP contribution in [-0.4, -0.2) is 36.4 Å². The summed E-state index contributed by atoms with van der Waals surface area (Å²) in [6.45, 7) is 1.99. The molecule has 1 aromatic carbocycles. The van der Waals surface area contributed by atoms with Crippen molar-refractivity contribution in [1.29, 1.82) is 0 Å². The number of benzene rings is 1. The van der Waals surface area contributed by atoms with E-state index in [1.807, 2.05) is 30.3 Å². The van der Waals surface area contributed by atoms with E-state index >= 15 is 0 Å². The van der Waals surface area contributed by atoms with Gasteiger partial charge in [0, 0.05) is 12.6 Å². The molecule has 1 aromatic rings. The first kappa shape index (κ1) is 15.9. The molecule has 0 radical (unpaired) electrons. The lowest BCUT2D eigenvalue weighted by molar-refractivity contribution is -0.142. The monoisotopic (exact) mass is 312 g/mol. The second kappa shape index (κ2) is 6.55. The Bertz CT molecular complexity index is 588. The molecule has 1 unspecified atom stereocenters. The van der Waals surface area contributed by atoms with Gasteiger partial charge in [-0.3, -0.25) is 4.79 Å². The number of hydrogen-bond acceptors (Lipinski definition) is 3. The van der Waals surface area contributed by atoms with Gasteiger partial charge in [0.05, 0.1) is 0 Å². The molecular weight excluding hydrogens is 292 g/mol. The van der Waals surface area contributed by atoms with Crippen molar-refractivity contribution in [2.45, 2.75) is 38.3 Å². The highest BCUT2D eigenvalue weighted by molar-refractivity contribution is 7.87. The van der Waals surface area contributed by atoms with Crippen molar-refractivity contribution in [2.24, 2.45) is 0 Å². The van der Waals surface area contributed by atoms with E-state index in [1.54, 1.807) is 6.92 Å². The van der Waals surface area contributed by atoms with Crippen LogP contribution >= 0.6 is 0 Å². The quantitative estimate of drug-likeness (QED) is 0.863. The van der Waals surface area contributed by atoms with Crippen LogP contribution in [0, 0.1) is 0 Å². The largest absolute Gasteiger partial charge is 0.480 e. The molecular formula is C14H20N2O4S. The maximum absolute atomic E-state index is 12.4. The van der Waals surface area contributed by atoms with Crippen molar-refractivity contribution in [1.82, 2.24) is 9.03 Å². The molecule has 7 heteroatoms. The molecule has 2 atom stereocenters. The zero-order valence-electron chi connectivity index (χ0n) is 11.9. The number of piperidine rings is 1. The first-order valence-electron chi connectivity index (χ1n) is 6.98. The number of carboxylic acids is 1. The topological polar surface area (TPSA) is 86.7 Å². The smallest absolute Gasteiger partial charge is 0.322 e. The Labute approximate surface area is 125 Å². The van der Waals surface area contributed by atoms with Crippen LogP contribution in [0.3, 0.4) is 0 Å². The van der Waals surface area contributed by atoms with Crippen LogP contribution in [0.15, 0.2) is 30.3 Å². The van der Waals surface area contributed by atoms with E-state index in [4.69, 9.17) is 0 Å². The van der Waals surface area contributed by atoms with E-state index in [9.17, 15) is 18.3 Å². The number of nitrogens with zero attached hydrogens (tertiary/aromatic N) is 1. The zero-order valence-corrected chi connectivity index (χ0v) is 12.7. The van der Waals surface area contributed by atoms with Gasteiger partial charge >= 0.3 is 5.97 Å². The summed E-state index contributed by atoms with van der Waals surface area (Å²) in [6.07, 6.45) is 1.78. The summed E-state index contributed by atoms with van der Waals surface area (Å²) in [6, 6.07) is 7.81. The summed E-state index contributed by atoms with van der Waals surface area (Å²) >= 11 is 0. The Morgan fingerprint density at radius 1 is 1.33 bits per heavy atom. The van der Waals surface area contributed by atoms with Gasteiger partial charge in [-0.2, -0.15) is 17.4 Å². The van der Waals surface area contributed by atoms with Gasteiger partial charge in [0.25, 0.3) is 10.2 Å². The van der Waals surface area contributed by atoms with Crippen LogP contribution in [-0.2, 0) is 15.0 Å². The molecule has 2 N–H and O–H groups in total. The Kier molecular flexibility index (Phi) is 4.97. The lowest BCUT2D eigenvalue weighted by atomic mass is 10.1. The molecule has 1 aliphatic rings. The van der Waals surface area contributed by atoms with E-state index in [-0.39, 0.29) is 6.54 Å². The molecule has 1 fully saturated rings. The lowest BCUT2D eigenvalue weighted by Gasteiger charge is -2.32. The molecule has 1 aliphatic heterocycles. The molecule has 0 bridgehead atoms. The van der Waals surface area contributed by atoms with Crippen LogP contribution in [0.4, 0.5) is 0 Å². The van der Waals surface area contributed by atoms with Gasteiger partial charge in [0.2, 0.25) is 0 Å². The number of nitrogens with one attached hydrogen (secondary N) is 1. The Hall–Kier alpha value is -1.44. The third-order valence-electron chi connectivity index (χ3n) is 3.67. The summed E-state index contributed by atoms with van der Waals surface area (Å²) in [4.78, 5) is 11.2. The average Bonchev–Trinajstić information content (AvgIpc) is 2.47. The van der Waals surface area contributed by atoms with Crippen LogP contribution in [0.1, 0.15) is 37.8 Å². The number of aliphatic carboxylic acids is 1. The molecule has 0 aromatic heterocycles. The fourth-order valence-electron chi connectivity index (χ4n) is 2.54. The molecule has 0 saturated carbocycles. The number of carboxylic acid groups (broad SMARTS) is 1. The van der Waals surface area contributed by atoms with Crippen LogP contribution in [0.2, 0.25) is 0 Å². The molecule has 0 amide bonds. The predicted octanol–water partition coefficient (Wildman–Crippen LogP) is 1.52. The summed E-state index contributed by atoms with van der Waals surface area (Å²) in [5.74, 6) is -1.09. The number of rotatable bonds is 5. The standard InChI is InChI=1S/C14H20N2O4S/c1-11(12-7-3-2-4-8-12)15-21(19,20)16-10-6-5-9-13(16)14(17)18/h2-4,7-8,11,13,15H,5-6,9-10H2,1H3,(H,17,18)/t11-,13?/m1/s1. The van der Waals surface area contributed by atoms with Crippen molar-refractivity contribution in [2.75, 3.05) is 6.54 Å². The summed E-state index contributed by atoms with van der Waals surface area (Å²) in [5.41, 5.74) is 0.838. The molecule has 2 rings (SSSR count). The molecule has 0 aliphatic carbocycles. The van der Waals surface area contributed by atoms with Crippen LogP contribution < -0.4 is 4.72 Å². The Balaban J connectivity index is 2.15. The normalized spacial score (nSPS) is 21.9. The maximum Gasteiger partial charge on any atom is 0.322 e. The Morgan fingerprint density at radius 2 is 2.00 bits per heavy atom. The second-order valence-electron chi connectivity index (χ2n) is 5.22. The van der Waals surface area contributed by atoms with Crippen LogP contribution in [0.25, 0.3) is 0 Å². The highest BCUT2D eigenvalue weighted by Gasteiger charge is 2.37. The summed E-state index contributed by atoms with van der Waals surface area (Å²) in [7, 11) is -3.82. The van der Waals surface area contributed by atoms with Gasteiger partial charge < -0.3 is 5.11 Å². The van der Waals surface area contributed by atoms with Gasteiger partial charge in [-0.05, 0) is 31.7 Å². The van der Waals surface area contributed by atoms with E-state index in [0.717, 1.165) is 16.3 Å². The van der Waals surface area contributed by atoms with Crippen molar-refractivity contribution in [3.63, 3.8) is 0 Å². The van der Waals surface area contributed by atoms with Crippen molar-refractivity contribution < 1.29 is 18.3 Å². The van der Waals surface area contributed by atoms with Gasteiger partial charge in [-0.25, -0.2) is 0 Å². The van der Waals surface area contributed by atoms with Crippen molar-refractivity contribution in [3.8, 4) is 0 Å². The van der Waals surface area contributed by atoms with Crippen LogP contribution in [0.5, 0.6) is 0 Å². The molecule has 1 heterocycles. The van der Waals surface area contributed by atoms with E-state index in [0.29, 0.717) is 12.8 Å². The highest BCUT2D eigenvalue weighted by atomic mass is 32.2. The van der Waals surface area contributed by atoms with E-state index < -0.39 is 28.3 Å². The van der Waals surface area contributed by atoms with Gasteiger partial charge in [0.15, 0.2) is 0 Å². The fraction of sp³-hybridized carbons (Fsp3) is 0.500. The average molecular weight is 312 g/mol. The molecule has 21 heavy (non-hydrogen) atoms. The number of carbonyl (C=O) groups is 1. The van der Waals surface area contributed by atoms with Gasteiger partial charge in [-0.1, -0.05) is 30.3 Å². The third-order valence-corrected chi connectivity index (χ3v) is 5.38. The van der Waals surface area contributed by atoms with E-state index in [2.05, 4.69) is 4.72 Å². The van der Waals surface area contributed by atoms with Crippen molar-refractivity contribution in [3.05, 3.63) is 35.9 Å². The highest BCUT2D eigenvalue weighted by Crippen LogP contribution is 2.22. The van der Waals surface area contributed by atoms with Crippen molar-refractivity contribution >= 4 is 16.2 Å². The maximum atomic E-state index is 12.4. The Morgan fingerprint density at radius 3 is 2.62 bits per heavy atom. The first-order chi connectivity index (χ1) is 9.92. The molecule has 0 spiro atoms. The second-order valence-corrected chi connectivity index (χ2v) is 6.87. The van der Waals surface area contributed by atoms with E-state index in [1.165, 1.54) is 0 Å². The molecule has 6 nitrogen and oxygen atoms in total. The first-order valence-corrected chi connectivity index (χ1v) is 8.42. The minimum absolute atomic E-state index is 0.244. The molecule has 1 saturated heterocycles. The number of hydrogen-bond donors (Lipinski definition) is 2. The minimum atomic E-state index is -3.82. The summed E-state index contributed by atoms with van der Waals surface area (Å²) < 4.78 is 28.5. The lowest BCUT2D eigenvalue weighted by Crippen LogP contribution is -2.52. The van der Waals surface area contributed by atoms with Gasteiger partial charge in [0.1, 0.15) is 6.04 Å². The summed E-state index contributed by atoms with van der Waals surface area (Å²) in [5, 5.41) is 9.19. The fourth-order valence-corrected chi connectivity index (χ4v) is 4.16. The SMILES string of the molecule is C[C@@H](NS(=O)(=O)N1CCCCC1C(=O)O)c1ccccc1.